The Balaban J connectivity index is 1.49. The standard InChI is InChI=1S/C22H26FN3O3/c1-24(15-18-6-3-4-9-20(18)23)21(27)16-25-10-12-26(13-11-25)22(28)17-7-5-8-19(14-17)29-2/h3-9,14H,10-13,15-16H2,1-2H3. The van der Waals surface area contributed by atoms with Gasteiger partial charge in [0.05, 0.1) is 13.7 Å². The molecule has 154 valence electrons. The van der Waals surface area contributed by atoms with Gasteiger partial charge in [0.15, 0.2) is 0 Å². The van der Waals surface area contributed by atoms with Crippen molar-refractivity contribution in [2.75, 3.05) is 46.9 Å². The summed E-state index contributed by atoms with van der Waals surface area (Å²) in [6.45, 7) is 2.84. The third kappa shape index (κ3) is 5.32. The van der Waals surface area contributed by atoms with Gasteiger partial charge in [0.1, 0.15) is 11.6 Å². The van der Waals surface area contributed by atoms with Gasteiger partial charge in [0.2, 0.25) is 5.91 Å². The Labute approximate surface area is 170 Å². The molecule has 2 aromatic carbocycles. The molecule has 1 aliphatic rings. The van der Waals surface area contributed by atoms with E-state index in [-0.39, 0.29) is 30.7 Å². The highest BCUT2D eigenvalue weighted by Gasteiger charge is 2.24. The van der Waals surface area contributed by atoms with Crippen LogP contribution in [0.25, 0.3) is 0 Å². The molecule has 2 aromatic rings. The second-order valence-electron chi connectivity index (χ2n) is 7.14. The van der Waals surface area contributed by atoms with Crippen LogP contribution in [0.5, 0.6) is 5.75 Å². The van der Waals surface area contributed by atoms with Crippen LogP contribution < -0.4 is 4.74 Å². The quantitative estimate of drug-likeness (QED) is 0.748. The van der Waals surface area contributed by atoms with Crippen molar-refractivity contribution in [1.82, 2.24) is 14.7 Å². The van der Waals surface area contributed by atoms with Crippen LogP contribution in [0.2, 0.25) is 0 Å². The summed E-state index contributed by atoms with van der Waals surface area (Å²) < 4.78 is 19.0. The monoisotopic (exact) mass is 399 g/mol. The zero-order valence-corrected chi connectivity index (χ0v) is 16.8. The van der Waals surface area contributed by atoms with Gasteiger partial charge in [-0.2, -0.15) is 0 Å². The van der Waals surface area contributed by atoms with E-state index in [4.69, 9.17) is 4.74 Å². The first-order valence-corrected chi connectivity index (χ1v) is 9.61. The summed E-state index contributed by atoms with van der Waals surface area (Å²) in [7, 11) is 3.25. The zero-order chi connectivity index (χ0) is 20.8. The number of piperazine rings is 1. The molecule has 1 aliphatic heterocycles. The molecule has 29 heavy (non-hydrogen) atoms. The average molecular weight is 399 g/mol. The number of nitrogens with zero attached hydrogens (tertiary/aromatic N) is 3. The molecule has 1 saturated heterocycles. The Morgan fingerprint density at radius 2 is 1.79 bits per heavy atom. The molecular weight excluding hydrogens is 373 g/mol. The first-order chi connectivity index (χ1) is 14.0. The van der Waals surface area contributed by atoms with E-state index in [0.717, 1.165) is 0 Å². The predicted octanol–water partition coefficient (Wildman–Crippen LogP) is 2.25. The molecule has 0 unspecified atom stereocenters. The third-order valence-corrected chi connectivity index (χ3v) is 5.13. The van der Waals surface area contributed by atoms with E-state index >= 15 is 0 Å². The summed E-state index contributed by atoms with van der Waals surface area (Å²) in [6, 6.07) is 13.6. The summed E-state index contributed by atoms with van der Waals surface area (Å²) in [5.74, 6) is 0.238. The Kier molecular flexibility index (Phi) is 6.82. The fourth-order valence-corrected chi connectivity index (χ4v) is 3.33. The van der Waals surface area contributed by atoms with Crippen molar-refractivity contribution in [2.24, 2.45) is 0 Å². The van der Waals surface area contributed by atoms with E-state index in [2.05, 4.69) is 0 Å². The van der Waals surface area contributed by atoms with E-state index in [1.807, 2.05) is 4.90 Å². The smallest absolute Gasteiger partial charge is 0.254 e. The van der Waals surface area contributed by atoms with Crippen molar-refractivity contribution in [1.29, 1.82) is 0 Å². The molecule has 7 heteroatoms. The van der Waals surface area contributed by atoms with Crippen molar-refractivity contribution in [3.8, 4) is 5.75 Å². The number of hydrogen-bond donors (Lipinski definition) is 0. The minimum Gasteiger partial charge on any atom is -0.497 e. The molecular formula is C22H26FN3O3. The highest BCUT2D eigenvalue weighted by molar-refractivity contribution is 5.94. The SMILES string of the molecule is COc1cccc(C(=O)N2CCN(CC(=O)N(C)Cc3ccccc3F)CC2)c1. The van der Waals surface area contributed by atoms with Crippen molar-refractivity contribution < 1.29 is 18.7 Å². The minimum absolute atomic E-state index is 0.0356. The molecule has 0 bridgehead atoms. The van der Waals surface area contributed by atoms with Crippen LogP contribution in [-0.2, 0) is 11.3 Å². The summed E-state index contributed by atoms with van der Waals surface area (Å²) in [4.78, 5) is 30.5. The van der Waals surface area contributed by atoms with Crippen molar-refractivity contribution >= 4 is 11.8 Å². The van der Waals surface area contributed by atoms with Crippen molar-refractivity contribution in [2.45, 2.75) is 6.54 Å². The molecule has 0 radical (unpaired) electrons. The number of carbonyl (C=O) groups excluding carboxylic acids is 2. The lowest BCUT2D eigenvalue weighted by Gasteiger charge is -2.35. The second-order valence-corrected chi connectivity index (χ2v) is 7.14. The summed E-state index contributed by atoms with van der Waals surface area (Å²) in [5, 5.41) is 0. The predicted molar refractivity (Wildman–Crippen MR) is 108 cm³/mol. The average Bonchev–Trinajstić information content (AvgIpc) is 2.75. The van der Waals surface area contributed by atoms with Crippen LogP contribution >= 0.6 is 0 Å². The third-order valence-electron chi connectivity index (χ3n) is 5.13. The lowest BCUT2D eigenvalue weighted by atomic mass is 10.1. The van der Waals surface area contributed by atoms with Crippen LogP contribution in [0.1, 0.15) is 15.9 Å². The molecule has 3 rings (SSSR count). The van der Waals surface area contributed by atoms with Gasteiger partial charge < -0.3 is 14.5 Å². The van der Waals surface area contributed by atoms with Gasteiger partial charge in [-0.25, -0.2) is 4.39 Å². The van der Waals surface area contributed by atoms with E-state index < -0.39 is 0 Å². The van der Waals surface area contributed by atoms with E-state index in [1.54, 1.807) is 61.5 Å². The number of carbonyl (C=O) groups is 2. The van der Waals surface area contributed by atoms with E-state index in [9.17, 15) is 14.0 Å². The fourth-order valence-electron chi connectivity index (χ4n) is 3.33. The first kappa shape index (κ1) is 20.8. The van der Waals surface area contributed by atoms with Gasteiger partial charge in [-0.15, -0.1) is 0 Å². The molecule has 1 heterocycles. The Hall–Kier alpha value is -2.93. The molecule has 0 aliphatic carbocycles. The van der Waals surface area contributed by atoms with Crippen LogP contribution in [-0.4, -0.2) is 73.4 Å². The lowest BCUT2D eigenvalue weighted by Crippen LogP contribution is -2.51. The number of amides is 2. The molecule has 0 N–H and O–H groups in total. The fraction of sp³-hybridized carbons (Fsp3) is 0.364. The van der Waals surface area contributed by atoms with Crippen LogP contribution in [0.3, 0.4) is 0 Å². The maximum absolute atomic E-state index is 13.8. The van der Waals surface area contributed by atoms with Gasteiger partial charge in [0.25, 0.3) is 5.91 Å². The number of hydrogen-bond acceptors (Lipinski definition) is 4. The van der Waals surface area contributed by atoms with E-state index in [0.29, 0.717) is 43.1 Å². The van der Waals surface area contributed by atoms with Crippen molar-refractivity contribution in [3.63, 3.8) is 0 Å². The van der Waals surface area contributed by atoms with Crippen molar-refractivity contribution in [3.05, 3.63) is 65.5 Å². The number of ether oxygens (including phenoxy) is 1. The van der Waals surface area contributed by atoms with Gasteiger partial charge >= 0.3 is 0 Å². The van der Waals surface area contributed by atoms with Gasteiger partial charge in [-0.1, -0.05) is 24.3 Å². The number of methoxy groups -OCH3 is 1. The highest BCUT2D eigenvalue weighted by atomic mass is 19.1. The number of likely N-dealkylation sites (N-methyl/N-ethyl adjacent to an activating group) is 1. The molecule has 0 spiro atoms. The first-order valence-electron chi connectivity index (χ1n) is 9.61. The van der Waals surface area contributed by atoms with Crippen LogP contribution in [0, 0.1) is 5.82 Å². The molecule has 6 nitrogen and oxygen atoms in total. The zero-order valence-electron chi connectivity index (χ0n) is 16.8. The van der Waals surface area contributed by atoms with Gasteiger partial charge in [0, 0.05) is 50.9 Å². The van der Waals surface area contributed by atoms with Gasteiger partial charge in [-0.3, -0.25) is 14.5 Å². The van der Waals surface area contributed by atoms with Crippen LogP contribution in [0.4, 0.5) is 4.39 Å². The number of rotatable bonds is 6. The summed E-state index contributed by atoms with van der Waals surface area (Å²) >= 11 is 0. The molecule has 0 aromatic heterocycles. The second kappa shape index (κ2) is 9.52. The topological polar surface area (TPSA) is 53.1 Å². The van der Waals surface area contributed by atoms with Gasteiger partial charge in [-0.05, 0) is 24.3 Å². The minimum atomic E-state index is -0.309. The van der Waals surface area contributed by atoms with E-state index in [1.165, 1.54) is 11.0 Å². The number of halogens is 1. The Morgan fingerprint density at radius 3 is 2.48 bits per heavy atom. The maximum Gasteiger partial charge on any atom is 0.254 e. The Bertz CT molecular complexity index is 866. The normalized spacial score (nSPS) is 14.5. The molecule has 0 saturated carbocycles. The Morgan fingerprint density at radius 1 is 1.07 bits per heavy atom. The molecule has 1 fully saturated rings. The maximum atomic E-state index is 13.8. The molecule has 2 amide bonds. The summed E-state index contributed by atoms with van der Waals surface area (Å²) in [6.07, 6.45) is 0. The summed E-state index contributed by atoms with van der Waals surface area (Å²) in [5.41, 5.74) is 1.09. The highest BCUT2D eigenvalue weighted by Crippen LogP contribution is 2.16. The lowest BCUT2D eigenvalue weighted by molar-refractivity contribution is -0.132. The number of benzene rings is 2. The molecule has 0 atom stereocenters. The van der Waals surface area contributed by atoms with Crippen LogP contribution in [0.15, 0.2) is 48.5 Å². The largest absolute Gasteiger partial charge is 0.497 e.